The van der Waals surface area contributed by atoms with Crippen molar-refractivity contribution in [3.63, 3.8) is 0 Å². The molecular formula is C97H138N22O22S. The largest absolute Gasteiger partial charge is 0.497 e. The number of thioether (sulfide) groups is 1. The first-order valence-electron chi connectivity index (χ1n) is 48.3. The van der Waals surface area contributed by atoms with Crippen LogP contribution in [0.25, 0.3) is 21.8 Å². The molecule has 9 rings (SSSR count). The van der Waals surface area contributed by atoms with Crippen molar-refractivity contribution in [2.24, 2.45) is 23.1 Å². The highest BCUT2D eigenvalue weighted by molar-refractivity contribution is 8.00. The standard InChI is InChI=1S/C97H138N22O22S/c1-10-12-28-76-90(133)108-68(39-55(3)4)87(130)113-74(85(128)103-48-80(100)121)52-142-53-81(122)105-71(40-57-32-34-62(141-9)35-33-57)93(136)114(6)56(5)84(127)111-73(45-82(123)124)96(139)118-38-22-31-77(118)91(134)110-70(43-60-47-101-54-104-60)89(132)107-67(27-19-21-37-99)95(138)119-50-61(120)44-79(119)92(135)109-69(41-58-46-102-65-25-16-14-23-63(58)65)88(131)106-66(26-18-20-36-98)86(129)112-72(94(137)116(8)78(29-13-11-2)97(140)115(76)7)42-59-49-117(51-83(125)126)75-30-17-15-24-64(59)75/h14-17,23-25,30,32-35,46-47,49,54-56,61,66-74,76-79,102,120H,10-13,18-22,26-29,31,36-45,48,50-53,98-99H2,1-9H3,(H2,100,121)(H,101,104)(H,103,128)(H,105,122)(H,106,131)(H,107,132)(H,108,133)(H,109,135)(H,110,134)(H,111,127)(H,112,129)(H,113,130)(H,123,124)(H,125,126)/t56-,61+,66-,67-,68-,69-,70-,71-,72-,73-,74-,76-,77-,78-,79+/m0/s1. The van der Waals surface area contributed by atoms with Gasteiger partial charge in [0.25, 0.3) is 0 Å². The van der Waals surface area contributed by atoms with Crippen molar-refractivity contribution < 1.29 is 106 Å². The number of carbonyl (C=O) groups is 18. The second-order valence-corrected chi connectivity index (χ2v) is 37.9. The van der Waals surface area contributed by atoms with Crippen LogP contribution in [0.15, 0.2) is 97.7 Å². The lowest BCUT2D eigenvalue weighted by Gasteiger charge is -2.36. The Morgan fingerprint density at radius 2 is 1.12 bits per heavy atom. The molecule has 15 atom stereocenters. The van der Waals surface area contributed by atoms with Crippen molar-refractivity contribution in [1.29, 1.82) is 0 Å². The zero-order valence-electron chi connectivity index (χ0n) is 81.9. The van der Waals surface area contributed by atoms with Crippen LogP contribution < -0.4 is 75.1 Å². The van der Waals surface area contributed by atoms with E-state index in [1.807, 2.05) is 13.8 Å². The number of aliphatic hydroxyl groups excluding tert-OH is 1. The van der Waals surface area contributed by atoms with Gasteiger partial charge in [-0.2, -0.15) is 0 Å². The van der Waals surface area contributed by atoms with Crippen LogP contribution in [0, 0.1) is 5.92 Å². The summed E-state index contributed by atoms with van der Waals surface area (Å²) in [5, 5.41) is 60.4. The van der Waals surface area contributed by atoms with Crippen LogP contribution in [-0.4, -0.2) is 329 Å². The number of carbonyl (C=O) groups excluding carboxylic acids is 16. The van der Waals surface area contributed by atoms with Gasteiger partial charge in [-0.25, -0.2) is 4.98 Å². The molecule has 21 N–H and O–H groups in total. The number of aromatic amines is 2. The Morgan fingerprint density at radius 3 is 1.75 bits per heavy atom. The monoisotopic (exact) mass is 2000 g/mol. The average Bonchev–Trinajstić information content (AvgIpc) is 1.61. The number of fused-ring (bicyclic) bond motifs is 4. The normalized spacial score (nSPS) is 24.1. The minimum Gasteiger partial charge on any atom is -0.497 e. The Labute approximate surface area is 827 Å². The topological polar surface area (TPSA) is 641 Å². The number of aliphatic hydroxyl groups is 1. The molecule has 142 heavy (non-hydrogen) atoms. The van der Waals surface area contributed by atoms with E-state index < -0.39 is 241 Å². The van der Waals surface area contributed by atoms with Crippen LogP contribution in [0.3, 0.4) is 0 Å². The van der Waals surface area contributed by atoms with Crippen molar-refractivity contribution in [3.8, 4) is 5.75 Å². The molecule has 0 saturated carbocycles. The van der Waals surface area contributed by atoms with Gasteiger partial charge >= 0.3 is 11.9 Å². The van der Waals surface area contributed by atoms with Gasteiger partial charge in [0, 0.05) is 118 Å². The van der Waals surface area contributed by atoms with E-state index in [2.05, 4.69) is 68.1 Å². The predicted octanol–water partition coefficient (Wildman–Crippen LogP) is -0.466. The molecule has 3 saturated heterocycles. The lowest BCUT2D eigenvalue weighted by atomic mass is 9.99. The zero-order valence-corrected chi connectivity index (χ0v) is 82.7. The fourth-order valence-corrected chi connectivity index (χ4v) is 18.7. The maximum Gasteiger partial charge on any atom is 0.323 e. The molecule has 44 nitrogen and oxygen atoms in total. The van der Waals surface area contributed by atoms with Gasteiger partial charge in [-0.1, -0.05) is 102 Å². The van der Waals surface area contributed by atoms with Crippen molar-refractivity contribution in [2.75, 3.05) is 72.5 Å². The van der Waals surface area contributed by atoms with E-state index in [4.69, 9.17) is 21.9 Å². The molecular weight excluding hydrogens is 1860 g/mol. The predicted molar refractivity (Wildman–Crippen MR) is 524 cm³/mol. The second kappa shape index (κ2) is 54.4. The van der Waals surface area contributed by atoms with Gasteiger partial charge in [0.05, 0.1) is 38.3 Å². The summed E-state index contributed by atoms with van der Waals surface area (Å²) >= 11 is 0.796. The zero-order chi connectivity index (χ0) is 104. The first-order valence-corrected chi connectivity index (χ1v) is 49.4. The smallest absolute Gasteiger partial charge is 0.323 e. The molecule has 45 heteroatoms. The van der Waals surface area contributed by atoms with Crippen LogP contribution in [0.5, 0.6) is 5.75 Å². The average molecular weight is 2000 g/mol. The summed E-state index contributed by atoms with van der Waals surface area (Å²) in [7, 11) is 5.38. The number of ether oxygens (including phenoxy) is 1. The Morgan fingerprint density at radius 1 is 0.556 bits per heavy atom. The number of primary amides is 1. The Bertz CT molecular complexity index is 5400. The van der Waals surface area contributed by atoms with Crippen molar-refractivity contribution in [3.05, 3.63) is 120 Å². The number of carboxylic acids is 2. The van der Waals surface area contributed by atoms with Crippen LogP contribution in [-0.2, 0) is 119 Å². The molecule has 3 aliphatic rings. The molecule has 3 aromatic heterocycles. The van der Waals surface area contributed by atoms with E-state index in [1.165, 1.54) is 63.4 Å². The summed E-state index contributed by atoms with van der Waals surface area (Å²) in [6.07, 6.45) is 4.22. The third-order valence-corrected chi connectivity index (χ3v) is 26.8. The van der Waals surface area contributed by atoms with E-state index in [-0.39, 0.29) is 109 Å². The number of imidazole rings is 1. The molecule has 3 aliphatic heterocycles. The molecule has 6 aromatic rings. The highest BCUT2D eigenvalue weighted by Gasteiger charge is 2.47. The van der Waals surface area contributed by atoms with Crippen LogP contribution in [0.4, 0.5) is 0 Å². The number of H-pyrrole nitrogens is 2. The van der Waals surface area contributed by atoms with Gasteiger partial charge in [-0.05, 0) is 138 Å². The Kier molecular flexibility index (Phi) is 43.0. The number of unbranched alkanes of at least 4 members (excludes halogenated alkanes) is 4. The summed E-state index contributed by atoms with van der Waals surface area (Å²) < 4.78 is 6.81. The first-order chi connectivity index (χ1) is 67.8. The molecule has 3 fully saturated rings. The van der Waals surface area contributed by atoms with Gasteiger partial charge in [0.2, 0.25) is 94.5 Å². The number of carboxylic acid groups (broad SMARTS) is 2. The van der Waals surface area contributed by atoms with Crippen molar-refractivity contribution in [2.45, 2.75) is 267 Å². The molecule has 0 spiro atoms. The third kappa shape index (κ3) is 31.5. The number of nitrogens with zero attached hydrogens (tertiary/aromatic N) is 7. The molecule has 0 aliphatic carbocycles. The number of hydrogen-bond acceptors (Lipinski definition) is 24. The fraction of sp³-hybridized carbons (Fsp3) is 0.557. The van der Waals surface area contributed by atoms with Crippen molar-refractivity contribution in [1.82, 2.24) is 97.2 Å². The van der Waals surface area contributed by atoms with Crippen LogP contribution in [0.1, 0.15) is 166 Å². The number of benzene rings is 3. The Hall–Kier alpha value is -13.6. The molecule has 16 amide bonds. The number of para-hydroxylation sites is 2. The number of nitrogens with two attached hydrogens (primary N) is 3. The lowest BCUT2D eigenvalue weighted by molar-refractivity contribution is -0.149. The first kappa shape index (κ1) is 112. The van der Waals surface area contributed by atoms with Gasteiger partial charge in [0.1, 0.15) is 96.9 Å². The van der Waals surface area contributed by atoms with Gasteiger partial charge < -0.3 is 129 Å². The number of nitrogens with one attached hydrogen (secondary N) is 12. The molecule has 3 aromatic carbocycles. The fourth-order valence-electron chi connectivity index (χ4n) is 17.9. The number of methoxy groups -OCH3 is 1. The molecule has 774 valence electrons. The third-order valence-electron chi connectivity index (χ3n) is 25.7. The summed E-state index contributed by atoms with van der Waals surface area (Å²) in [6.45, 7) is 6.88. The van der Waals surface area contributed by atoms with E-state index in [1.54, 1.807) is 92.8 Å². The van der Waals surface area contributed by atoms with Gasteiger partial charge in [-0.3, -0.25) is 86.3 Å². The maximum absolute atomic E-state index is 16.1. The van der Waals surface area contributed by atoms with E-state index in [0.29, 0.717) is 88.5 Å². The van der Waals surface area contributed by atoms with Gasteiger partial charge in [0.15, 0.2) is 0 Å². The molecule has 0 unspecified atom stereocenters. The lowest BCUT2D eigenvalue weighted by Crippen LogP contribution is -2.61. The number of hydrogen-bond donors (Lipinski definition) is 18. The summed E-state index contributed by atoms with van der Waals surface area (Å²) in [5.74, 6) is -18.3. The minimum absolute atomic E-state index is 0.00314. The van der Waals surface area contributed by atoms with E-state index >= 15 is 38.4 Å². The SMILES string of the molecule is CCCC[C@H]1C(=O)N(C)[C@@H](CCCC)C(=O)N[C@@H](CC(C)C)C(=O)N[C@H](C(=O)NCC(N)=O)CSCC(=O)N[C@@H](Cc2ccc(OC)cc2)C(=O)N(C)[C@@H](C)C(=O)N[C@@H](CC(=O)O)C(=O)N2CCC[C@H]2C(=O)N[C@@H](Cc2cnc[nH]2)C(=O)N[C@@H](CCCCN)C(=O)N2C[C@H](O)C[C@@H]2C(=O)N[C@@H](Cc2c[nH]c3ccccc23)C(=O)N[C@@H](CCCCN)C(=O)N[C@@H](Cc2cn(CC(=O)O)c3ccccc23)C(=O)N1C. The second-order valence-electron chi connectivity index (χ2n) is 36.8. The number of rotatable bonds is 32. The molecule has 0 bridgehead atoms. The number of amides is 16. The quantitative estimate of drug-likeness (QED) is 0.0238. The summed E-state index contributed by atoms with van der Waals surface area (Å²) in [4.78, 5) is 281. The highest BCUT2D eigenvalue weighted by Crippen LogP contribution is 2.29. The molecule has 6 heterocycles. The van der Waals surface area contributed by atoms with Gasteiger partial charge in [-0.15, -0.1) is 11.8 Å². The number of aliphatic carboxylic acids is 2. The van der Waals surface area contributed by atoms with Crippen LogP contribution >= 0.6 is 11.8 Å². The minimum atomic E-state index is -1.90. The number of aromatic nitrogens is 4. The maximum atomic E-state index is 16.1. The summed E-state index contributed by atoms with van der Waals surface area (Å²) in [6, 6.07) is -1.41. The van der Waals surface area contributed by atoms with E-state index in [9.17, 15) is 63.3 Å². The van der Waals surface area contributed by atoms with Crippen LogP contribution in [0.2, 0.25) is 0 Å². The summed E-state index contributed by atoms with van der Waals surface area (Å²) in [5.41, 5.74) is 20.3. The Balaban J connectivity index is 1.13. The van der Waals surface area contributed by atoms with E-state index in [0.717, 1.165) is 31.4 Å². The number of likely N-dealkylation sites (N-methyl/N-ethyl adjacent to an activating group) is 3. The van der Waals surface area contributed by atoms with Crippen molar-refractivity contribution >= 4 is 140 Å². The highest BCUT2D eigenvalue weighted by atomic mass is 32.2. The molecule has 0 radical (unpaired) electrons.